The van der Waals surface area contributed by atoms with Crippen LogP contribution in [0.3, 0.4) is 0 Å². The zero-order valence-corrected chi connectivity index (χ0v) is 9.80. The van der Waals surface area contributed by atoms with Gasteiger partial charge in [-0.2, -0.15) is 15.0 Å². The number of benzene rings is 1. The van der Waals surface area contributed by atoms with E-state index in [0.717, 1.165) is 0 Å². The number of hydrogen-bond donors (Lipinski definition) is 2. The average molecular weight is 274 g/mol. The third-order valence-corrected chi connectivity index (χ3v) is 2.31. The first kappa shape index (κ1) is 11.8. The minimum atomic E-state index is -0.535. The molecule has 0 spiro atoms. The van der Waals surface area contributed by atoms with Crippen LogP contribution >= 0.6 is 23.2 Å². The molecule has 0 saturated heterocycles. The Labute approximate surface area is 106 Å². The van der Waals surface area contributed by atoms with Gasteiger partial charge in [0.2, 0.25) is 17.2 Å². The summed E-state index contributed by atoms with van der Waals surface area (Å²) in [5.74, 6) is -0.581. The Morgan fingerprint density at radius 2 is 1.94 bits per heavy atom. The highest BCUT2D eigenvalue weighted by atomic mass is 35.5. The molecule has 0 amide bonds. The van der Waals surface area contributed by atoms with E-state index in [1.54, 1.807) is 0 Å². The van der Waals surface area contributed by atoms with E-state index in [-0.39, 0.29) is 27.9 Å². The molecule has 0 aliphatic heterocycles. The lowest BCUT2D eigenvalue weighted by Crippen LogP contribution is -2.04. The lowest BCUT2D eigenvalue weighted by atomic mass is 10.3. The molecular weight excluding hydrogens is 268 g/mol. The normalized spacial score (nSPS) is 10.3. The molecule has 0 unspecified atom stereocenters. The van der Waals surface area contributed by atoms with Crippen molar-refractivity contribution in [3.63, 3.8) is 0 Å². The van der Waals surface area contributed by atoms with Crippen molar-refractivity contribution >= 4 is 40.8 Å². The highest BCUT2D eigenvalue weighted by molar-refractivity contribution is 6.33. The van der Waals surface area contributed by atoms with Gasteiger partial charge in [-0.25, -0.2) is 4.39 Å². The van der Waals surface area contributed by atoms with Crippen molar-refractivity contribution in [1.82, 2.24) is 15.0 Å². The van der Waals surface area contributed by atoms with Crippen molar-refractivity contribution in [2.75, 3.05) is 11.1 Å². The Morgan fingerprint density at radius 3 is 2.59 bits per heavy atom. The molecule has 0 aliphatic carbocycles. The molecule has 1 heterocycles. The van der Waals surface area contributed by atoms with Crippen LogP contribution < -0.4 is 11.1 Å². The highest BCUT2D eigenvalue weighted by Gasteiger charge is 2.09. The smallest absolute Gasteiger partial charge is 0.233 e. The number of anilines is 3. The third kappa shape index (κ3) is 2.72. The van der Waals surface area contributed by atoms with Crippen molar-refractivity contribution in [1.29, 1.82) is 0 Å². The van der Waals surface area contributed by atoms with Crippen molar-refractivity contribution in [2.45, 2.75) is 0 Å². The second-order valence-corrected chi connectivity index (χ2v) is 3.75. The maximum atomic E-state index is 13.5. The van der Waals surface area contributed by atoms with Crippen LogP contribution in [0.4, 0.5) is 22.0 Å². The van der Waals surface area contributed by atoms with Gasteiger partial charge in [-0.05, 0) is 23.7 Å². The van der Waals surface area contributed by atoms with Crippen LogP contribution in [-0.2, 0) is 0 Å². The van der Waals surface area contributed by atoms with E-state index in [9.17, 15) is 4.39 Å². The minimum absolute atomic E-state index is 0.0227. The van der Waals surface area contributed by atoms with Gasteiger partial charge >= 0.3 is 0 Å². The molecule has 2 rings (SSSR count). The Morgan fingerprint density at radius 1 is 1.18 bits per heavy atom. The lowest BCUT2D eigenvalue weighted by Gasteiger charge is -2.07. The summed E-state index contributed by atoms with van der Waals surface area (Å²) in [4.78, 5) is 11.1. The number of nitrogen functional groups attached to an aromatic ring is 1. The fourth-order valence-corrected chi connectivity index (χ4v) is 1.53. The summed E-state index contributed by atoms with van der Waals surface area (Å²) in [5.41, 5.74) is 5.43. The summed E-state index contributed by atoms with van der Waals surface area (Å²) in [6, 6.07) is 4.26. The number of nitrogens with zero attached hydrogens (tertiary/aromatic N) is 3. The summed E-state index contributed by atoms with van der Waals surface area (Å²) < 4.78 is 13.5. The molecule has 17 heavy (non-hydrogen) atoms. The molecule has 0 radical (unpaired) electrons. The summed E-state index contributed by atoms with van der Waals surface area (Å²) >= 11 is 11.4. The van der Waals surface area contributed by atoms with Crippen molar-refractivity contribution in [2.24, 2.45) is 0 Å². The largest absolute Gasteiger partial charge is 0.368 e. The zero-order chi connectivity index (χ0) is 12.4. The predicted molar refractivity (Wildman–Crippen MR) is 63.9 cm³/mol. The predicted octanol–water partition coefficient (Wildman–Crippen LogP) is 2.64. The van der Waals surface area contributed by atoms with Crippen LogP contribution in [0.5, 0.6) is 0 Å². The van der Waals surface area contributed by atoms with Crippen LogP contribution in [0.2, 0.25) is 10.3 Å². The summed E-state index contributed by atoms with van der Waals surface area (Å²) in [6.45, 7) is 0. The van der Waals surface area contributed by atoms with Crippen LogP contribution in [0.15, 0.2) is 18.2 Å². The van der Waals surface area contributed by atoms with E-state index in [1.165, 1.54) is 18.2 Å². The first-order valence-electron chi connectivity index (χ1n) is 4.44. The Kier molecular flexibility index (Phi) is 3.26. The standard InChI is InChI=1S/C9H6Cl2FN5/c10-4-2-1-3-5(12)6(4)14-9-16-7(11)15-8(13)17-9/h1-3H,(H3,13,14,15,16,17). The summed E-state index contributed by atoms with van der Waals surface area (Å²) in [6.07, 6.45) is 0. The monoisotopic (exact) mass is 273 g/mol. The molecule has 0 bridgehead atoms. The first-order valence-corrected chi connectivity index (χ1v) is 5.20. The second kappa shape index (κ2) is 4.68. The number of hydrogen-bond acceptors (Lipinski definition) is 5. The number of para-hydroxylation sites is 1. The molecule has 3 N–H and O–H groups in total. The van der Waals surface area contributed by atoms with Crippen molar-refractivity contribution < 1.29 is 4.39 Å². The number of nitrogens with one attached hydrogen (secondary N) is 1. The van der Waals surface area contributed by atoms with E-state index in [0.29, 0.717) is 0 Å². The van der Waals surface area contributed by atoms with Crippen LogP contribution in [-0.4, -0.2) is 15.0 Å². The van der Waals surface area contributed by atoms with Gasteiger partial charge in [0.25, 0.3) is 0 Å². The quantitative estimate of drug-likeness (QED) is 0.880. The van der Waals surface area contributed by atoms with Crippen LogP contribution in [0.1, 0.15) is 0 Å². The van der Waals surface area contributed by atoms with Crippen LogP contribution in [0.25, 0.3) is 0 Å². The van der Waals surface area contributed by atoms with Gasteiger partial charge in [0, 0.05) is 0 Å². The number of nitrogens with two attached hydrogens (primary N) is 1. The van der Waals surface area contributed by atoms with E-state index in [2.05, 4.69) is 20.3 Å². The molecule has 1 aromatic carbocycles. The van der Waals surface area contributed by atoms with Gasteiger partial charge in [0.15, 0.2) is 0 Å². The summed E-state index contributed by atoms with van der Waals surface area (Å²) in [7, 11) is 0. The lowest BCUT2D eigenvalue weighted by molar-refractivity contribution is 0.631. The molecule has 5 nitrogen and oxygen atoms in total. The molecular formula is C9H6Cl2FN5. The molecule has 0 atom stereocenters. The minimum Gasteiger partial charge on any atom is -0.368 e. The SMILES string of the molecule is Nc1nc(Cl)nc(Nc2c(F)cccc2Cl)n1. The number of halogens is 3. The van der Waals surface area contributed by atoms with E-state index in [4.69, 9.17) is 28.9 Å². The maximum Gasteiger partial charge on any atom is 0.233 e. The molecule has 88 valence electrons. The highest BCUT2D eigenvalue weighted by Crippen LogP contribution is 2.27. The van der Waals surface area contributed by atoms with Gasteiger partial charge in [0.1, 0.15) is 5.82 Å². The Hall–Kier alpha value is -1.66. The third-order valence-electron chi connectivity index (χ3n) is 1.82. The first-order chi connectivity index (χ1) is 8.06. The van der Waals surface area contributed by atoms with Gasteiger partial charge < -0.3 is 11.1 Å². The molecule has 0 saturated carbocycles. The van der Waals surface area contributed by atoms with Gasteiger partial charge in [-0.3, -0.25) is 0 Å². The Bertz CT molecular complexity index is 523. The topological polar surface area (TPSA) is 76.7 Å². The zero-order valence-electron chi connectivity index (χ0n) is 8.28. The fraction of sp³-hybridized carbons (Fsp3) is 0. The van der Waals surface area contributed by atoms with Crippen molar-refractivity contribution in [3.8, 4) is 0 Å². The van der Waals surface area contributed by atoms with E-state index < -0.39 is 5.82 Å². The van der Waals surface area contributed by atoms with Gasteiger partial charge in [-0.15, -0.1) is 0 Å². The number of aromatic nitrogens is 3. The second-order valence-electron chi connectivity index (χ2n) is 3.01. The van der Waals surface area contributed by atoms with Gasteiger partial charge in [0.05, 0.1) is 10.7 Å². The fourth-order valence-electron chi connectivity index (χ4n) is 1.15. The Balaban J connectivity index is 2.38. The molecule has 0 aliphatic rings. The van der Waals surface area contributed by atoms with Crippen LogP contribution in [0, 0.1) is 5.82 Å². The molecule has 1 aromatic heterocycles. The van der Waals surface area contributed by atoms with Gasteiger partial charge in [-0.1, -0.05) is 17.7 Å². The van der Waals surface area contributed by atoms with E-state index in [1.807, 2.05) is 0 Å². The molecule has 0 fully saturated rings. The maximum absolute atomic E-state index is 13.5. The van der Waals surface area contributed by atoms with Crippen molar-refractivity contribution in [3.05, 3.63) is 34.3 Å². The van der Waals surface area contributed by atoms with E-state index >= 15 is 0 Å². The molecule has 2 aromatic rings. The molecule has 8 heteroatoms. The number of rotatable bonds is 2. The average Bonchev–Trinajstić information content (AvgIpc) is 2.22. The summed E-state index contributed by atoms with van der Waals surface area (Å²) in [5, 5.41) is 2.69.